The van der Waals surface area contributed by atoms with Crippen molar-refractivity contribution in [1.82, 2.24) is 0 Å². The SMILES string of the molecule is C=C/C(F)=C\C(=C/C(C)CC)OC1=C(c2ccc(S(C)(=O)=O)cc2)C(C)(C)OC1=O. The molecular formula is C23H27FO5S. The molecule has 1 aliphatic rings. The molecule has 0 aliphatic carbocycles. The van der Waals surface area contributed by atoms with Crippen molar-refractivity contribution in [2.24, 2.45) is 5.92 Å². The molecule has 0 saturated heterocycles. The van der Waals surface area contributed by atoms with Gasteiger partial charge in [-0.05, 0) is 56.0 Å². The van der Waals surface area contributed by atoms with Crippen LogP contribution in [-0.4, -0.2) is 26.2 Å². The van der Waals surface area contributed by atoms with Crippen molar-refractivity contribution in [1.29, 1.82) is 0 Å². The molecule has 0 spiro atoms. The first-order chi connectivity index (χ1) is 13.9. The van der Waals surface area contributed by atoms with E-state index in [-0.39, 0.29) is 22.3 Å². The Hall–Kier alpha value is -2.67. The van der Waals surface area contributed by atoms with Crippen LogP contribution in [0.3, 0.4) is 0 Å². The van der Waals surface area contributed by atoms with Gasteiger partial charge in [0.25, 0.3) is 0 Å². The maximum absolute atomic E-state index is 13.9. The number of ether oxygens (including phenoxy) is 2. The Bertz CT molecular complexity index is 1030. The minimum absolute atomic E-state index is 0.0604. The van der Waals surface area contributed by atoms with E-state index in [4.69, 9.17) is 9.47 Å². The number of halogens is 1. The van der Waals surface area contributed by atoms with Gasteiger partial charge in [-0.1, -0.05) is 32.6 Å². The summed E-state index contributed by atoms with van der Waals surface area (Å²) < 4.78 is 48.7. The lowest BCUT2D eigenvalue weighted by atomic mass is 9.92. The second-order valence-electron chi connectivity index (χ2n) is 7.69. The van der Waals surface area contributed by atoms with Gasteiger partial charge in [-0.2, -0.15) is 0 Å². The third-order valence-corrected chi connectivity index (χ3v) is 5.85. The van der Waals surface area contributed by atoms with Crippen molar-refractivity contribution in [3.63, 3.8) is 0 Å². The third-order valence-electron chi connectivity index (χ3n) is 4.72. The van der Waals surface area contributed by atoms with Crippen LogP contribution in [0, 0.1) is 5.92 Å². The van der Waals surface area contributed by atoms with Crippen molar-refractivity contribution < 1.29 is 27.1 Å². The monoisotopic (exact) mass is 434 g/mol. The molecule has 1 aromatic carbocycles. The Labute approximate surface area is 177 Å². The Balaban J connectivity index is 2.60. The molecule has 1 atom stereocenters. The van der Waals surface area contributed by atoms with Gasteiger partial charge in [-0.25, -0.2) is 17.6 Å². The van der Waals surface area contributed by atoms with E-state index in [0.717, 1.165) is 24.8 Å². The topological polar surface area (TPSA) is 69.7 Å². The highest BCUT2D eigenvalue weighted by Crippen LogP contribution is 2.41. The number of carbonyl (C=O) groups excluding carboxylic acids is 1. The van der Waals surface area contributed by atoms with Crippen molar-refractivity contribution in [2.75, 3.05) is 6.26 Å². The molecule has 2 rings (SSSR count). The van der Waals surface area contributed by atoms with Gasteiger partial charge in [-0.15, -0.1) is 0 Å². The van der Waals surface area contributed by atoms with Crippen LogP contribution in [0.15, 0.2) is 71.3 Å². The number of carbonyl (C=O) groups is 1. The van der Waals surface area contributed by atoms with E-state index in [1.165, 1.54) is 12.1 Å². The predicted octanol–water partition coefficient (Wildman–Crippen LogP) is 5.12. The Morgan fingerprint density at radius 1 is 1.30 bits per heavy atom. The zero-order chi connectivity index (χ0) is 22.7. The fraction of sp³-hybridized carbons (Fsp3) is 0.348. The van der Waals surface area contributed by atoms with Crippen LogP contribution >= 0.6 is 0 Å². The Morgan fingerprint density at radius 2 is 1.90 bits per heavy atom. The van der Waals surface area contributed by atoms with Crippen molar-refractivity contribution in [3.05, 3.63) is 72.0 Å². The quantitative estimate of drug-likeness (QED) is 0.323. The molecule has 0 amide bonds. The molecule has 0 bridgehead atoms. The molecular weight excluding hydrogens is 407 g/mol. The van der Waals surface area contributed by atoms with Gasteiger partial charge in [0.15, 0.2) is 9.84 Å². The zero-order valence-corrected chi connectivity index (χ0v) is 18.7. The van der Waals surface area contributed by atoms with Crippen LogP contribution < -0.4 is 0 Å². The molecule has 0 aromatic heterocycles. The van der Waals surface area contributed by atoms with Gasteiger partial charge in [0, 0.05) is 12.3 Å². The number of benzene rings is 1. The van der Waals surface area contributed by atoms with Crippen molar-refractivity contribution in [3.8, 4) is 0 Å². The maximum atomic E-state index is 13.9. The van der Waals surface area contributed by atoms with Crippen molar-refractivity contribution in [2.45, 2.75) is 44.6 Å². The second-order valence-corrected chi connectivity index (χ2v) is 9.71. The van der Waals surface area contributed by atoms with E-state index in [1.54, 1.807) is 32.1 Å². The van der Waals surface area contributed by atoms with Crippen LogP contribution in [0.1, 0.15) is 39.7 Å². The molecule has 7 heteroatoms. The summed E-state index contributed by atoms with van der Waals surface area (Å²) in [7, 11) is -3.36. The van der Waals surface area contributed by atoms with Crippen LogP contribution in [0.5, 0.6) is 0 Å². The standard InChI is InChI=1S/C23H27FO5S/c1-7-15(3)13-18(14-17(24)8-2)28-21-20(23(4,5)29-22(21)25)16-9-11-19(12-10-16)30(6,26)27/h8-15H,2,7H2,1,3-6H3/b17-14+,18-13+. The normalized spacial score (nSPS) is 18.3. The molecule has 0 fully saturated rings. The largest absolute Gasteiger partial charge is 0.449 e. The van der Waals surface area contributed by atoms with E-state index in [0.29, 0.717) is 11.1 Å². The lowest BCUT2D eigenvalue weighted by Crippen LogP contribution is -2.22. The first-order valence-corrected chi connectivity index (χ1v) is 11.5. The van der Waals surface area contributed by atoms with Crippen LogP contribution in [0.4, 0.5) is 4.39 Å². The van der Waals surface area contributed by atoms with Crippen molar-refractivity contribution >= 4 is 21.4 Å². The number of esters is 1. The predicted molar refractivity (Wildman–Crippen MR) is 115 cm³/mol. The number of hydrogen-bond acceptors (Lipinski definition) is 5. The summed E-state index contributed by atoms with van der Waals surface area (Å²) in [5.74, 6) is -1.09. The van der Waals surface area contributed by atoms with E-state index >= 15 is 0 Å². The fourth-order valence-electron chi connectivity index (χ4n) is 2.97. The summed E-state index contributed by atoms with van der Waals surface area (Å²) in [6.07, 6.45) is 5.84. The molecule has 0 radical (unpaired) electrons. The highest BCUT2D eigenvalue weighted by atomic mass is 32.2. The van der Waals surface area contributed by atoms with E-state index in [9.17, 15) is 17.6 Å². The summed E-state index contributed by atoms with van der Waals surface area (Å²) in [6, 6.07) is 6.11. The van der Waals surface area contributed by atoms with Gasteiger partial charge < -0.3 is 9.47 Å². The molecule has 30 heavy (non-hydrogen) atoms. The average Bonchev–Trinajstić information content (AvgIpc) is 2.88. The second kappa shape index (κ2) is 9.00. The summed E-state index contributed by atoms with van der Waals surface area (Å²) in [5.41, 5.74) is 0.0145. The van der Waals surface area contributed by atoms with Gasteiger partial charge in [0.1, 0.15) is 17.2 Å². The maximum Gasteiger partial charge on any atom is 0.375 e. The molecule has 5 nitrogen and oxygen atoms in total. The Morgan fingerprint density at radius 3 is 2.40 bits per heavy atom. The first kappa shape index (κ1) is 23.6. The van der Waals surface area contributed by atoms with E-state index in [2.05, 4.69) is 6.58 Å². The van der Waals surface area contributed by atoms with E-state index < -0.39 is 27.2 Å². The van der Waals surface area contributed by atoms with Crippen LogP contribution in [0.2, 0.25) is 0 Å². The third kappa shape index (κ3) is 5.48. The van der Waals surface area contributed by atoms with Gasteiger partial charge in [0.2, 0.25) is 5.76 Å². The molecule has 1 aromatic rings. The molecule has 1 aliphatic heterocycles. The Kier molecular flexibility index (Phi) is 7.08. The lowest BCUT2D eigenvalue weighted by Gasteiger charge is -2.21. The molecule has 162 valence electrons. The van der Waals surface area contributed by atoms with Gasteiger partial charge in [0.05, 0.1) is 10.5 Å². The zero-order valence-electron chi connectivity index (χ0n) is 17.9. The summed E-state index contributed by atoms with van der Waals surface area (Å²) >= 11 is 0. The highest BCUT2D eigenvalue weighted by Gasteiger charge is 2.43. The minimum Gasteiger partial charge on any atom is -0.449 e. The number of cyclic esters (lactones) is 1. The molecule has 1 heterocycles. The van der Waals surface area contributed by atoms with Crippen LogP contribution in [-0.2, 0) is 24.1 Å². The fourth-order valence-corrected chi connectivity index (χ4v) is 3.60. The number of rotatable bonds is 8. The molecule has 0 N–H and O–H groups in total. The number of sulfone groups is 1. The van der Waals surface area contributed by atoms with E-state index in [1.807, 2.05) is 13.8 Å². The van der Waals surface area contributed by atoms with Gasteiger partial charge in [-0.3, -0.25) is 0 Å². The highest BCUT2D eigenvalue weighted by molar-refractivity contribution is 7.90. The van der Waals surface area contributed by atoms with Gasteiger partial charge >= 0.3 is 5.97 Å². The summed E-state index contributed by atoms with van der Waals surface area (Å²) in [5, 5.41) is 0. The lowest BCUT2D eigenvalue weighted by molar-refractivity contribution is -0.146. The summed E-state index contributed by atoms with van der Waals surface area (Å²) in [6.45, 7) is 10.7. The molecule has 1 unspecified atom stereocenters. The van der Waals surface area contributed by atoms with Crippen LogP contribution in [0.25, 0.3) is 5.57 Å². The first-order valence-electron chi connectivity index (χ1n) is 9.57. The smallest absolute Gasteiger partial charge is 0.375 e. The average molecular weight is 435 g/mol. The summed E-state index contributed by atoms with van der Waals surface area (Å²) in [4.78, 5) is 12.7. The number of hydrogen-bond donors (Lipinski definition) is 0. The minimum atomic E-state index is -3.36. The molecule has 0 saturated carbocycles. The number of allylic oxidation sites excluding steroid dienone is 4.